The third-order valence-corrected chi connectivity index (χ3v) is 2.42. The molecule has 0 aromatic heterocycles. The van der Waals surface area contributed by atoms with Crippen molar-refractivity contribution in [3.8, 4) is 0 Å². The summed E-state index contributed by atoms with van der Waals surface area (Å²) < 4.78 is 0. The van der Waals surface area contributed by atoms with Crippen LogP contribution in [0.4, 0.5) is 0 Å². The van der Waals surface area contributed by atoms with Crippen molar-refractivity contribution in [1.82, 2.24) is 5.32 Å². The molecule has 0 spiro atoms. The normalized spacial score (nSPS) is 14.4. The molecule has 0 aliphatic heterocycles. The Labute approximate surface area is 90.7 Å². The molecule has 0 rings (SSSR count). The third-order valence-electron chi connectivity index (χ3n) is 2.42. The number of rotatable bonds is 7. The molecule has 14 heavy (non-hydrogen) atoms. The average Bonchev–Trinajstić information content (AvgIpc) is 1.97. The summed E-state index contributed by atoms with van der Waals surface area (Å²) >= 11 is 0. The second-order valence-electron chi connectivity index (χ2n) is 5.62. The maximum Gasteiger partial charge on any atom is 0.00719 e. The molecule has 0 aliphatic rings. The van der Waals surface area contributed by atoms with Gasteiger partial charge in [0.25, 0.3) is 0 Å². The Morgan fingerprint density at radius 1 is 0.786 bits per heavy atom. The molecule has 1 atom stereocenters. The van der Waals surface area contributed by atoms with Crippen LogP contribution in [0.2, 0.25) is 0 Å². The van der Waals surface area contributed by atoms with Crippen molar-refractivity contribution in [2.24, 2.45) is 11.8 Å². The minimum Gasteiger partial charge on any atom is -0.312 e. The van der Waals surface area contributed by atoms with E-state index in [0.717, 1.165) is 17.9 Å². The lowest BCUT2D eigenvalue weighted by Crippen LogP contribution is -2.35. The smallest absolute Gasteiger partial charge is 0.00719 e. The molecule has 1 N–H and O–H groups in total. The van der Waals surface area contributed by atoms with Crippen molar-refractivity contribution >= 4 is 0 Å². The first-order valence-electron chi connectivity index (χ1n) is 6.17. The molecule has 0 aromatic rings. The van der Waals surface area contributed by atoms with Crippen LogP contribution in [0.5, 0.6) is 0 Å². The van der Waals surface area contributed by atoms with Crippen LogP contribution in [0.25, 0.3) is 0 Å². The van der Waals surface area contributed by atoms with Crippen molar-refractivity contribution in [2.45, 2.75) is 72.9 Å². The molecule has 0 radical (unpaired) electrons. The second-order valence-corrected chi connectivity index (χ2v) is 5.62. The van der Waals surface area contributed by atoms with Gasteiger partial charge < -0.3 is 5.32 Å². The first-order chi connectivity index (χ1) is 6.41. The molecular formula is C13H29N. The molecule has 1 heteroatoms. The van der Waals surface area contributed by atoms with Gasteiger partial charge >= 0.3 is 0 Å². The maximum atomic E-state index is 3.67. The zero-order valence-electron chi connectivity index (χ0n) is 10.9. The van der Waals surface area contributed by atoms with E-state index < -0.39 is 0 Å². The summed E-state index contributed by atoms with van der Waals surface area (Å²) in [5, 5.41) is 3.67. The van der Waals surface area contributed by atoms with E-state index in [4.69, 9.17) is 0 Å². The lowest BCUT2D eigenvalue weighted by molar-refractivity contribution is 0.350. The molecule has 0 bridgehead atoms. The molecule has 0 aliphatic carbocycles. The zero-order valence-corrected chi connectivity index (χ0v) is 10.9. The van der Waals surface area contributed by atoms with Crippen LogP contribution in [-0.2, 0) is 0 Å². The van der Waals surface area contributed by atoms with Gasteiger partial charge in [-0.05, 0) is 31.1 Å². The predicted octanol–water partition coefficient (Wildman–Crippen LogP) is 3.84. The standard InChI is InChI=1S/C13H29N/c1-10(2)7-8-13(9-11(3)4)14-12(5)6/h10-14H,7-9H2,1-6H3. The molecule has 1 nitrogen and oxygen atoms in total. The van der Waals surface area contributed by atoms with E-state index in [2.05, 4.69) is 46.9 Å². The summed E-state index contributed by atoms with van der Waals surface area (Å²) in [6, 6.07) is 1.34. The molecule has 0 fully saturated rings. The van der Waals surface area contributed by atoms with Gasteiger partial charge in [-0.15, -0.1) is 0 Å². The Morgan fingerprint density at radius 2 is 1.36 bits per heavy atom. The average molecular weight is 199 g/mol. The zero-order chi connectivity index (χ0) is 11.1. The molecular weight excluding hydrogens is 170 g/mol. The Bertz CT molecular complexity index is 117. The summed E-state index contributed by atoms with van der Waals surface area (Å²) in [6.07, 6.45) is 3.98. The van der Waals surface area contributed by atoms with Crippen LogP contribution in [0.1, 0.15) is 60.8 Å². The minimum absolute atomic E-state index is 0.617. The summed E-state index contributed by atoms with van der Waals surface area (Å²) in [7, 11) is 0. The van der Waals surface area contributed by atoms with E-state index in [9.17, 15) is 0 Å². The monoisotopic (exact) mass is 199 g/mol. The second kappa shape index (κ2) is 7.28. The maximum absolute atomic E-state index is 3.67. The third kappa shape index (κ3) is 8.55. The first kappa shape index (κ1) is 14.0. The van der Waals surface area contributed by atoms with Crippen molar-refractivity contribution in [2.75, 3.05) is 0 Å². The van der Waals surface area contributed by atoms with Crippen molar-refractivity contribution in [3.63, 3.8) is 0 Å². The summed E-state index contributed by atoms with van der Waals surface area (Å²) in [5.41, 5.74) is 0. The van der Waals surface area contributed by atoms with E-state index in [1.165, 1.54) is 19.3 Å². The number of nitrogens with one attached hydrogen (secondary N) is 1. The lowest BCUT2D eigenvalue weighted by Gasteiger charge is -2.23. The van der Waals surface area contributed by atoms with Gasteiger partial charge in [0, 0.05) is 12.1 Å². The highest BCUT2D eigenvalue weighted by molar-refractivity contribution is 4.71. The van der Waals surface area contributed by atoms with Crippen LogP contribution in [0.3, 0.4) is 0 Å². The quantitative estimate of drug-likeness (QED) is 0.657. The summed E-state index contributed by atoms with van der Waals surface area (Å²) in [6.45, 7) is 13.7. The molecule has 86 valence electrons. The van der Waals surface area contributed by atoms with E-state index in [-0.39, 0.29) is 0 Å². The van der Waals surface area contributed by atoms with Gasteiger partial charge in [0.15, 0.2) is 0 Å². The first-order valence-corrected chi connectivity index (χ1v) is 6.17. The van der Waals surface area contributed by atoms with Gasteiger partial charge in [-0.1, -0.05) is 41.5 Å². The van der Waals surface area contributed by atoms with E-state index in [1.54, 1.807) is 0 Å². The van der Waals surface area contributed by atoms with Crippen LogP contribution in [0.15, 0.2) is 0 Å². The van der Waals surface area contributed by atoms with E-state index in [1.807, 2.05) is 0 Å². The van der Waals surface area contributed by atoms with Gasteiger partial charge in [-0.3, -0.25) is 0 Å². The van der Waals surface area contributed by atoms with Crippen molar-refractivity contribution in [3.05, 3.63) is 0 Å². The molecule has 0 aromatic carbocycles. The predicted molar refractivity (Wildman–Crippen MR) is 65.6 cm³/mol. The molecule has 0 saturated carbocycles. The van der Waals surface area contributed by atoms with Crippen molar-refractivity contribution < 1.29 is 0 Å². The minimum atomic E-state index is 0.617. The largest absolute Gasteiger partial charge is 0.312 e. The van der Waals surface area contributed by atoms with Gasteiger partial charge in [0.05, 0.1) is 0 Å². The fourth-order valence-corrected chi connectivity index (χ4v) is 1.84. The molecule has 0 heterocycles. The van der Waals surface area contributed by atoms with Gasteiger partial charge in [0.2, 0.25) is 0 Å². The number of hydrogen-bond acceptors (Lipinski definition) is 1. The van der Waals surface area contributed by atoms with Crippen LogP contribution in [-0.4, -0.2) is 12.1 Å². The van der Waals surface area contributed by atoms with E-state index in [0.29, 0.717) is 6.04 Å². The van der Waals surface area contributed by atoms with Crippen LogP contribution >= 0.6 is 0 Å². The Hall–Kier alpha value is -0.0400. The Kier molecular flexibility index (Phi) is 7.26. The number of hydrogen-bond donors (Lipinski definition) is 1. The topological polar surface area (TPSA) is 12.0 Å². The molecule has 0 saturated heterocycles. The van der Waals surface area contributed by atoms with Gasteiger partial charge in [0.1, 0.15) is 0 Å². The van der Waals surface area contributed by atoms with Crippen molar-refractivity contribution in [1.29, 1.82) is 0 Å². The van der Waals surface area contributed by atoms with Crippen LogP contribution < -0.4 is 5.32 Å². The van der Waals surface area contributed by atoms with Crippen LogP contribution in [0, 0.1) is 11.8 Å². The summed E-state index contributed by atoms with van der Waals surface area (Å²) in [4.78, 5) is 0. The molecule has 0 amide bonds. The highest BCUT2D eigenvalue weighted by Crippen LogP contribution is 2.14. The molecule has 1 unspecified atom stereocenters. The fraction of sp³-hybridized carbons (Fsp3) is 1.00. The fourth-order valence-electron chi connectivity index (χ4n) is 1.84. The highest BCUT2D eigenvalue weighted by atomic mass is 14.9. The SMILES string of the molecule is CC(C)CCC(CC(C)C)NC(C)C. The lowest BCUT2D eigenvalue weighted by atomic mass is 9.96. The Morgan fingerprint density at radius 3 is 1.71 bits per heavy atom. The summed E-state index contributed by atoms with van der Waals surface area (Å²) in [5.74, 6) is 1.64. The highest BCUT2D eigenvalue weighted by Gasteiger charge is 2.12. The van der Waals surface area contributed by atoms with E-state index >= 15 is 0 Å². The van der Waals surface area contributed by atoms with Gasteiger partial charge in [-0.2, -0.15) is 0 Å². The van der Waals surface area contributed by atoms with Gasteiger partial charge in [-0.25, -0.2) is 0 Å². The Balaban J connectivity index is 3.84.